The van der Waals surface area contributed by atoms with Gasteiger partial charge in [-0.2, -0.15) is 0 Å². The number of thiophene rings is 1. The van der Waals surface area contributed by atoms with Crippen molar-refractivity contribution in [3.8, 4) is 0 Å². The fraction of sp³-hybridized carbons (Fsp3) is 0.522. The lowest BCUT2D eigenvalue weighted by atomic mass is 9.87. The van der Waals surface area contributed by atoms with Crippen molar-refractivity contribution in [2.24, 2.45) is 0 Å². The van der Waals surface area contributed by atoms with Gasteiger partial charge in [0.25, 0.3) is 0 Å². The Morgan fingerprint density at radius 3 is 2.57 bits per heavy atom. The summed E-state index contributed by atoms with van der Waals surface area (Å²) in [6.07, 6.45) is 2.55. The Labute approximate surface area is 180 Å². The Kier molecular flexibility index (Phi) is 5.57. The van der Waals surface area contributed by atoms with Gasteiger partial charge in [0.05, 0.1) is 5.92 Å². The number of hydrogen-bond donors (Lipinski definition) is 1. The lowest BCUT2D eigenvalue weighted by molar-refractivity contribution is -0.134. The summed E-state index contributed by atoms with van der Waals surface area (Å²) in [6.45, 7) is 7.05. The number of likely N-dealkylation sites (tertiary alicyclic amines) is 1. The van der Waals surface area contributed by atoms with Crippen LogP contribution in [0.5, 0.6) is 0 Å². The normalized spacial score (nSPS) is 21.0. The Balaban J connectivity index is 1.45. The molecule has 2 saturated heterocycles. The molecule has 4 rings (SSSR count). The third kappa shape index (κ3) is 4.36. The van der Waals surface area contributed by atoms with Crippen LogP contribution in [0.1, 0.15) is 69.4 Å². The molecule has 0 aliphatic carbocycles. The van der Waals surface area contributed by atoms with Crippen LogP contribution in [0.4, 0.5) is 4.79 Å². The minimum Gasteiger partial charge on any atom is -0.444 e. The number of rotatable bonds is 2. The van der Waals surface area contributed by atoms with E-state index >= 15 is 0 Å². The van der Waals surface area contributed by atoms with Gasteiger partial charge in [-0.25, -0.2) is 4.79 Å². The molecule has 1 atom stereocenters. The van der Waals surface area contributed by atoms with E-state index < -0.39 is 5.60 Å². The molecule has 0 spiro atoms. The molecule has 2 aliphatic rings. The summed E-state index contributed by atoms with van der Waals surface area (Å²) in [5.41, 5.74) is 1.83. The number of hydrogen-bond acceptors (Lipinski definition) is 5. The highest BCUT2D eigenvalue weighted by atomic mass is 32.1. The van der Waals surface area contributed by atoms with Crippen LogP contribution in [0.2, 0.25) is 0 Å². The minimum atomic E-state index is -0.474. The summed E-state index contributed by atoms with van der Waals surface area (Å²) < 4.78 is 6.65. The van der Waals surface area contributed by atoms with Crippen molar-refractivity contribution < 1.29 is 19.1 Å². The van der Waals surface area contributed by atoms with E-state index in [1.54, 1.807) is 16.2 Å². The van der Waals surface area contributed by atoms with E-state index in [0.717, 1.165) is 23.8 Å². The van der Waals surface area contributed by atoms with Gasteiger partial charge in [-0.05, 0) is 73.9 Å². The number of fused-ring (bicyclic) bond motifs is 1. The Morgan fingerprint density at radius 2 is 1.90 bits per heavy atom. The molecule has 1 aromatic heterocycles. The van der Waals surface area contributed by atoms with Crippen LogP contribution in [-0.2, 0) is 14.3 Å². The number of imide groups is 1. The zero-order valence-corrected chi connectivity index (χ0v) is 18.5. The van der Waals surface area contributed by atoms with Crippen LogP contribution >= 0.6 is 11.3 Å². The van der Waals surface area contributed by atoms with Crippen LogP contribution in [0.15, 0.2) is 23.6 Å². The van der Waals surface area contributed by atoms with Crippen LogP contribution < -0.4 is 5.32 Å². The average molecular weight is 429 g/mol. The number of carbonyl (C=O) groups excluding carboxylic acids is 3. The van der Waals surface area contributed by atoms with Gasteiger partial charge >= 0.3 is 6.09 Å². The summed E-state index contributed by atoms with van der Waals surface area (Å²) in [4.78, 5) is 37.8. The van der Waals surface area contributed by atoms with Gasteiger partial charge in [0.1, 0.15) is 5.60 Å². The Bertz CT molecular complexity index is 983. The summed E-state index contributed by atoms with van der Waals surface area (Å²) >= 11 is 1.65. The molecule has 2 aromatic rings. The van der Waals surface area contributed by atoms with E-state index in [2.05, 4.69) is 28.9 Å². The van der Waals surface area contributed by atoms with E-state index in [1.165, 1.54) is 10.3 Å². The maximum Gasteiger partial charge on any atom is 0.410 e. The topological polar surface area (TPSA) is 75.7 Å². The molecule has 1 aromatic carbocycles. The maximum atomic E-state index is 12.3. The molecule has 0 saturated carbocycles. The first-order chi connectivity index (χ1) is 14.2. The smallest absolute Gasteiger partial charge is 0.410 e. The molecule has 2 fully saturated rings. The Hall–Kier alpha value is -2.41. The standard InChI is InChI=1S/C23H28N2O4S/c1-23(2,3)29-22(28)25-10-8-14(9-11-25)15-4-5-16-18(13-30-19(16)12-15)17-6-7-20(26)24-21(17)27/h4-5,12-14,17H,6-11H2,1-3H3,(H,24,26,27). The monoisotopic (exact) mass is 428 g/mol. The Morgan fingerprint density at radius 1 is 1.17 bits per heavy atom. The SMILES string of the molecule is CC(C)(C)OC(=O)N1CCC(c2ccc3c(C4CCC(=O)NC4=O)csc3c2)CC1. The van der Waals surface area contributed by atoms with E-state index in [-0.39, 0.29) is 23.8 Å². The first kappa shape index (κ1) is 20.8. The van der Waals surface area contributed by atoms with Crippen molar-refractivity contribution in [1.82, 2.24) is 10.2 Å². The number of amides is 3. The third-order valence-electron chi connectivity index (χ3n) is 5.86. The zero-order chi connectivity index (χ0) is 21.5. The third-order valence-corrected chi connectivity index (χ3v) is 6.83. The first-order valence-electron chi connectivity index (χ1n) is 10.5. The molecule has 1 unspecified atom stereocenters. The maximum absolute atomic E-state index is 12.3. The molecule has 3 amide bonds. The highest BCUT2D eigenvalue weighted by Crippen LogP contribution is 2.38. The second-order valence-electron chi connectivity index (χ2n) is 9.19. The fourth-order valence-electron chi connectivity index (χ4n) is 4.30. The van der Waals surface area contributed by atoms with Gasteiger partial charge in [0.15, 0.2) is 0 Å². The van der Waals surface area contributed by atoms with Crippen molar-refractivity contribution >= 4 is 39.3 Å². The number of nitrogens with zero attached hydrogens (tertiary/aromatic N) is 1. The molecule has 6 nitrogen and oxygen atoms in total. The fourth-order valence-corrected chi connectivity index (χ4v) is 5.36. The molecule has 0 bridgehead atoms. The van der Waals surface area contributed by atoms with Crippen LogP contribution in [0.25, 0.3) is 10.1 Å². The van der Waals surface area contributed by atoms with E-state index in [0.29, 0.717) is 31.8 Å². The predicted octanol–water partition coefficient (Wildman–Crippen LogP) is 4.54. The van der Waals surface area contributed by atoms with E-state index in [1.807, 2.05) is 20.8 Å². The van der Waals surface area contributed by atoms with Crippen molar-refractivity contribution in [2.75, 3.05) is 13.1 Å². The van der Waals surface area contributed by atoms with Crippen molar-refractivity contribution in [3.05, 3.63) is 34.7 Å². The molecule has 30 heavy (non-hydrogen) atoms. The van der Waals surface area contributed by atoms with Crippen molar-refractivity contribution in [1.29, 1.82) is 0 Å². The lowest BCUT2D eigenvalue weighted by Crippen LogP contribution is -2.41. The lowest BCUT2D eigenvalue weighted by Gasteiger charge is -2.33. The van der Waals surface area contributed by atoms with Gasteiger partial charge < -0.3 is 9.64 Å². The second-order valence-corrected chi connectivity index (χ2v) is 10.1. The molecule has 7 heteroatoms. The number of nitrogens with one attached hydrogen (secondary N) is 1. The highest BCUT2D eigenvalue weighted by molar-refractivity contribution is 7.17. The minimum absolute atomic E-state index is 0.184. The van der Waals surface area contributed by atoms with Crippen molar-refractivity contribution in [2.45, 2.75) is 63.9 Å². The average Bonchev–Trinajstić information content (AvgIpc) is 3.10. The molecule has 2 aliphatic heterocycles. The summed E-state index contributed by atoms with van der Waals surface area (Å²) in [7, 11) is 0. The van der Waals surface area contributed by atoms with Gasteiger partial charge in [0.2, 0.25) is 11.8 Å². The molecule has 0 radical (unpaired) electrons. The largest absolute Gasteiger partial charge is 0.444 e. The number of carbonyl (C=O) groups is 3. The van der Waals surface area contributed by atoms with Crippen LogP contribution in [-0.4, -0.2) is 41.5 Å². The summed E-state index contributed by atoms with van der Waals surface area (Å²) in [6, 6.07) is 6.49. The van der Waals surface area contributed by atoms with Gasteiger partial charge in [-0.15, -0.1) is 11.3 Å². The molecular formula is C23H28N2O4S. The molecule has 1 N–H and O–H groups in total. The number of benzene rings is 1. The van der Waals surface area contributed by atoms with Gasteiger partial charge in [-0.1, -0.05) is 12.1 Å². The highest BCUT2D eigenvalue weighted by Gasteiger charge is 2.31. The predicted molar refractivity (Wildman–Crippen MR) is 117 cm³/mol. The second kappa shape index (κ2) is 8.02. The molecular weight excluding hydrogens is 400 g/mol. The summed E-state index contributed by atoms with van der Waals surface area (Å²) in [5.74, 6) is -0.214. The number of piperidine rings is 2. The van der Waals surface area contributed by atoms with Crippen LogP contribution in [0.3, 0.4) is 0 Å². The molecule has 160 valence electrons. The zero-order valence-electron chi connectivity index (χ0n) is 17.7. The van der Waals surface area contributed by atoms with E-state index in [4.69, 9.17) is 4.74 Å². The summed E-state index contributed by atoms with van der Waals surface area (Å²) in [5, 5.41) is 5.61. The first-order valence-corrected chi connectivity index (χ1v) is 11.4. The van der Waals surface area contributed by atoms with Crippen LogP contribution in [0, 0.1) is 0 Å². The van der Waals surface area contributed by atoms with Gasteiger partial charge in [0, 0.05) is 24.2 Å². The quantitative estimate of drug-likeness (QED) is 0.713. The van der Waals surface area contributed by atoms with Crippen molar-refractivity contribution in [3.63, 3.8) is 0 Å². The van der Waals surface area contributed by atoms with E-state index in [9.17, 15) is 14.4 Å². The van der Waals surface area contributed by atoms with Gasteiger partial charge in [-0.3, -0.25) is 14.9 Å². The molecule has 3 heterocycles. The number of ether oxygens (including phenoxy) is 1.